The molecule has 0 radical (unpaired) electrons. The topological polar surface area (TPSA) is 104 Å². The van der Waals surface area contributed by atoms with Crippen molar-refractivity contribution in [2.75, 3.05) is 23.9 Å². The Bertz CT molecular complexity index is 993. The van der Waals surface area contributed by atoms with Crippen LogP contribution in [0, 0.1) is 0 Å². The maximum Gasteiger partial charge on any atom is 0.263 e. The van der Waals surface area contributed by atoms with E-state index in [1.54, 1.807) is 48.5 Å². The van der Waals surface area contributed by atoms with Crippen molar-refractivity contribution in [1.29, 1.82) is 0 Å². The average Bonchev–Trinajstić information content (AvgIpc) is 3.23. The van der Waals surface area contributed by atoms with E-state index in [2.05, 4.69) is 31.6 Å². The van der Waals surface area contributed by atoms with Crippen molar-refractivity contribution in [1.82, 2.24) is 5.01 Å². The quantitative estimate of drug-likeness (QED) is 0.694. The molecule has 1 N–H and O–H groups in total. The summed E-state index contributed by atoms with van der Waals surface area (Å²) in [5.74, 6) is -0.689. The van der Waals surface area contributed by atoms with Crippen LogP contribution >= 0.6 is 15.9 Å². The zero-order valence-electron chi connectivity index (χ0n) is 15.3. The Hall–Kier alpha value is -3.27. The van der Waals surface area contributed by atoms with Crippen LogP contribution in [0.5, 0.6) is 5.75 Å². The molecule has 0 bridgehead atoms. The number of hydrogen-bond donors (Lipinski definition) is 1. The molecule has 2 aliphatic heterocycles. The first kappa shape index (κ1) is 19.1. The first-order valence-electron chi connectivity index (χ1n) is 8.72. The van der Waals surface area contributed by atoms with Gasteiger partial charge in [0.2, 0.25) is 5.91 Å². The standard InChI is InChI=1S/C19H16BrN5O4/c1-29-14-8-6-13(7-9-14)25-18(27)16-17(19(25)28)24(23-22-16)10-15(26)21-12-4-2-11(20)3-5-12/h2-9,16-17H,10H2,1H3,(H,21,26)/t16-,17+/m1/s1. The SMILES string of the molecule is COc1ccc(N2C(=O)[C@@H]3[C@@H](N=NN3CC(=O)Nc3ccc(Br)cc3)C2=O)cc1. The van der Waals surface area contributed by atoms with Gasteiger partial charge in [0.15, 0.2) is 12.1 Å². The van der Waals surface area contributed by atoms with E-state index in [0.717, 1.165) is 9.37 Å². The highest BCUT2D eigenvalue weighted by molar-refractivity contribution is 9.10. The highest BCUT2D eigenvalue weighted by Gasteiger charge is 2.55. The molecular weight excluding hydrogens is 442 g/mol. The number of hydrogen-bond acceptors (Lipinski definition) is 7. The number of imide groups is 1. The zero-order chi connectivity index (χ0) is 20.5. The first-order valence-corrected chi connectivity index (χ1v) is 9.52. The highest BCUT2D eigenvalue weighted by atomic mass is 79.9. The number of anilines is 2. The molecule has 29 heavy (non-hydrogen) atoms. The Balaban J connectivity index is 1.47. The summed E-state index contributed by atoms with van der Waals surface area (Å²) in [7, 11) is 1.53. The molecule has 1 saturated heterocycles. The lowest BCUT2D eigenvalue weighted by Crippen LogP contribution is -2.43. The summed E-state index contributed by atoms with van der Waals surface area (Å²) < 4.78 is 5.99. The largest absolute Gasteiger partial charge is 0.497 e. The van der Waals surface area contributed by atoms with E-state index in [1.807, 2.05) is 0 Å². The van der Waals surface area contributed by atoms with Crippen molar-refractivity contribution in [2.45, 2.75) is 12.1 Å². The Morgan fingerprint density at radius 1 is 1.10 bits per heavy atom. The van der Waals surface area contributed by atoms with E-state index in [0.29, 0.717) is 17.1 Å². The average molecular weight is 458 g/mol. The number of benzene rings is 2. The van der Waals surface area contributed by atoms with E-state index >= 15 is 0 Å². The van der Waals surface area contributed by atoms with Crippen LogP contribution in [0.15, 0.2) is 63.3 Å². The molecule has 9 nitrogen and oxygen atoms in total. The third-order valence-electron chi connectivity index (χ3n) is 4.62. The smallest absolute Gasteiger partial charge is 0.263 e. The number of fused-ring (bicyclic) bond motifs is 1. The predicted octanol–water partition coefficient (Wildman–Crippen LogP) is 2.39. The number of methoxy groups -OCH3 is 1. The minimum Gasteiger partial charge on any atom is -0.497 e. The van der Waals surface area contributed by atoms with Gasteiger partial charge in [-0.15, -0.1) is 0 Å². The minimum atomic E-state index is -0.954. The third-order valence-corrected chi connectivity index (χ3v) is 5.15. The Labute approximate surface area is 174 Å². The van der Waals surface area contributed by atoms with Gasteiger partial charge in [0.25, 0.3) is 11.8 Å². The van der Waals surface area contributed by atoms with Crippen LogP contribution in [0.4, 0.5) is 11.4 Å². The van der Waals surface area contributed by atoms with Crippen LogP contribution < -0.4 is 15.0 Å². The number of nitrogens with zero attached hydrogens (tertiary/aromatic N) is 4. The van der Waals surface area contributed by atoms with Crippen molar-refractivity contribution in [2.24, 2.45) is 10.3 Å². The van der Waals surface area contributed by atoms with Crippen molar-refractivity contribution >= 4 is 45.0 Å². The van der Waals surface area contributed by atoms with Gasteiger partial charge in [-0.25, -0.2) is 4.90 Å². The fourth-order valence-corrected chi connectivity index (χ4v) is 3.48. The van der Waals surface area contributed by atoms with Gasteiger partial charge < -0.3 is 10.1 Å². The molecule has 3 amide bonds. The summed E-state index contributed by atoms with van der Waals surface area (Å²) in [5.41, 5.74) is 1.03. The molecule has 0 spiro atoms. The van der Waals surface area contributed by atoms with Gasteiger partial charge in [0, 0.05) is 10.2 Å². The van der Waals surface area contributed by atoms with E-state index in [4.69, 9.17) is 4.74 Å². The van der Waals surface area contributed by atoms with Crippen LogP contribution in [0.25, 0.3) is 0 Å². The number of amides is 3. The summed E-state index contributed by atoms with van der Waals surface area (Å²) in [4.78, 5) is 39.0. The van der Waals surface area contributed by atoms with Crippen molar-refractivity contribution in [3.63, 3.8) is 0 Å². The predicted molar refractivity (Wildman–Crippen MR) is 107 cm³/mol. The molecule has 2 aliphatic rings. The van der Waals surface area contributed by atoms with Crippen LogP contribution in [0.3, 0.4) is 0 Å². The van der Waals surface area contributed by atoms with Gasteiger partial charge in [-0.1, -0.05) is 21.2 Å². The molecule has 2 heterocycles. The number of rotatable bonds is 5. The van der Waals surface area contributed by atoms with Crippen LogP contribution in [0.2, 0.25) is 0 Å². The van der Waals surface area contributed by atoms with Crippen molar-refractivity contribution in [3.05, 3.63) is 53.0 Å². The second kappa shape index (κ2) is 7.63. The lowest BCUT2D eigenvalue weighted by atomic mass is 10.1. The highest BCUT2D eigenvalue weighted by Crippen LogP contribution is 2.32. The maximum atomic E-state index is 12.9. The maximum absolute atomic E-state index is 12.9. The monoisotopic (exact) mass is 457 g/mol. The van der Waals surface area contributed by atoms with Gasteiger partial charge in [-0.3, -0.25) is 19.4 Å². The summed E-state index contributed by atoms with van der Waals surface area (Å²) in [6.45, 7) is -0.198. The molecule has 2 atom stereocenters. The first-order chi connectivity index (χ1) is 14.0. The molecule has 0 saturated carbocycles. The minimum absolute atomic E-state index is 0.198. The van der Waals surface area contributed by atoms with Crippen molar-refractivity contribution < 1.29 is 19.1 Å². The van der Waals surface area contributed by atoms with Gasteiger partial charge in [-0.05, 0) is 48.5 Å². The summed E-state index contributed by atoms with van der Waals surface area (Å²) >= 11 is 3.33. The summed E-state index contributed by atoms with van der Waals surface area (Å²) in [6.07, 6.45) is 0. The van der Waals surface area contributed by atoms with Crippen LogP contribution in [0.1, 0.15) is 0 Å². The number of carbonyl (C=O) groups excluding carboxylic acids is 3. The van der Waals surface area contributed by atoms with E-state index in [9.17, 15) is 14.4 Å². The molecule has 1 fully saturated rings. The van der Waals surface area contributed by atoms with Gasteiger partial charge in [0.1, 0.15) is 12.3 Å². The summed E-state index contributed by atoms with van der Waals surface area (Å²) in [5, 5.41) is 11.8. The summed E-state index contributed by atoms with van der Waals surface area (Å²) in [6, 6.07) is 11.8. The Kier molecular flexibility index (Phi) is 5.01. The molecule has 148 valence electrons. The molecular formula is C19H16BrN5O4. The molecule has 4 rings (SSSR count). The van der Waals surface area contributed by atoms with E-state index < -0.39 is 23.9 Å². The Morgan fingerprint density at radius 2 is 1.79 bits per heavy atom. The lowest BCUT2D eigenvalue weighted by molar-refractivity contribution is -0.123. The second-order valence-electron chi connectivity index (χ2n) is 6.46. The van der Waals surface area contributed by atoms with Crippen LogP contribution in [-0.4, -0.2) is 48.5 Å². The molecule has 10 heteroatoms. The van der Waals surface area contributed by atoms with Gasteiger partial charge >= 0.3 is 0 Å². The van der Waals surface area contributed by atoms with Gasteiger partial charge in [-0.2, -0.15) is 5.11 Å². The van der Waals surface area contributed by atoms with E-state index in [1.165, 1.54) is 12.1 Å². The van der Waals surface area contributed by atoms with Gasteiger partial charge in [0.05, 0.1) is 12.8 Å². The lowest BCUT2D eigenvalue weighted by Gasteiger charge is -2.20. The zero-order valence-corrected chi connectivity index (χ0v) is 16.9. The number of nitrogens with one attached hydrogen (secondary N) is 1. The molecule has 0 aromatic heterocycles. The molecule has 0 unspecified atom stereocenters. The van der Waals surface area contributed by atoms with Crippen LogP contribution in [-0.2, 0) is 14.4 Å². The molecule has 0 aliphatic carbocycles. The Morgan fingerprint density at radius 3 is 2.45 bits per heavy atom. The fourth-order valence-electron chi connectivity index (χ4n) is 3.22. The molecule has 2 aromatic rings. The number of carbonyl (C=O) groups is 3. The number of ether oxygens (including phenoxy) is 1. The number of halogens is 1. The normalized spacial score (nSPS) is 20.2. The van der Waals surface area contributed by atoms with Crippen molar-refractivity contribution in [3.8, 4) is 5.75 Å². The third kappa shape index (κ3) is 3.58. The second-order valence-corrected chi connectivity index (χ2v) is 7.37. The fraction of sp³-hybridized carbons (Fsp3) is 0.211. The van der Waals surface area contributed by atoms with E-state index in [-0.39, 0.29) is 12.5 Å². The molecule has 2 aromatic carbocycles.